The highest BCUT2D eigenvalue weighted by atomic mass is 32.1. The van der Waals surface area contributed by atoms with Gasteiger partial charge in [-0.05, 0) is 25.8 Å². The number of carboxylic acids is 1. The molecule has 0 aromatic carbocycles. The van der Waals surface area contributed by atoms with Crippen LogP contribution in [0.5, 0.6) is 0 Å². The first-order valence-corrected chi connectivity index (χ1v) is 8.37. The highest BCUT2D eigenvalue weighted by molar-refractivity contribution is 7.14. The number of carbonyl (C=O) groups excluding carboxylic acids is 1. The van der Waals surface area contributed by atoms with E-state index >= 15 is 0 Å². The minimum atomic E-state index is -0.812. The van der Waals surface area contributed by atoms with Crippen LogP contribution in [0.25, 0.3) is 0 Å². The Bertz CT molecular complexity index is 528. The molecule has 2 rings (SSSR count). The van der Waals surface area contributed by atoms with Gasteiger partial charge < -0.3 is 10.4 Å². The quantitative estimate of drug-likeness (QED) is 0.710. The molecule has 1 fully saturated rings. The van der Waals surface area contributed by atoms with Gasteiger partial charge in [0.25, 0.3) is 0 Å². The molecule has 1 aliphatic carbocycles. The first-order valence-electron chi connectivity index (χ1n) is 7.49. The van der Waals surface area contributed by atoms with Crippen molar-refractivity contribution >= 4 is 28.3 Å². The number of carbonyl (C=O) groups is 2. The van der Waals surface area contributed by atoms with E-state index in [4.69, 9.17) is 5.11 Å². The van der Waals surface area contributed by atoms with Gasteiger partial charge in [-0.3, -0.25) is 15.0 Å². The second kappa shape index (κ2) is 7.55. The first-order chi connectivity index (χ1) is 10.5. The van der Waals surface area contributed by atoms with Gasteiger partial charge in [0.15, 0.2) is 0 Å². The van der Waals surface area contributed by atoms with E-state index in [1.807, 2.05) is 18.7 Å². The number of aromatic nitrogens is 1. The molecule has 0 bridgehead atoms. The lowest BCUT2D eigenvalue weighted by Gasteiger charge is -2.42. The van der Waals surface area contributed by atoms with E-state index in [0.717, 1.165) is 30.0 Å². The maximum atomic E-state index is 12.0. The van der Waals surface area contributed by atoms with Gasteiger partial charge in [-0.2, -0.15) is 0 Å². The monoisotopic (exact) mass is 326 g/mol. The smallest absolute Gasteiger partial charge is 0.320 e. The van der Waals surface area contributed by atoms with Crippen molar-refractivity contribution in [2.75, 3.05) is 18.4 Å². The molecule has 0 aliphatic heterocycles. The Labute approximate surface area is 133 Å². The maximum absolute atomic E-state index is 12.0. The molecule has 0 saturated heterocycles. The largest absolute Gasteiger partial charge is 0.480 e. The molecular formula is C14H22N4O3S. The maximum Gasteiger partial charge on any atom is 0.320 e. The zero-order valence-electron chi connectivity index (χ0n) is 12.8. The number of amides is 2. The summed E-state index contributed by atoms with van der Waals surface area (Å²) in [4.78, 5) is 28.9. The number of hydrogen-bond acceptors (Lipinski definition) is 5. The molecule has 0 atom stereocenters. The van der Waals surface area contributed by atoms with Crippen molar-refractivity contribution in [3.63, 3.8) is 0 Å². The Morgan fingerprint density at radius 1 is 1.45 bits per heavy atom. The molecule has 1 heterocycles. The van der Waals surface area contributed by atoms with Crippen LogP contribution < -0.4 is 10.6 Å². The van der Waals surface area contributed by atoms with Gasteiger partial charge in [0.2, 0.25) is 0 Å². The molecule has 0 radical (unpaired) electrons. The Kier molecular flexibility index (Phi) is 5.73. The third-order valence-electron chi connectivity index (χ3n) is 3.91. The van der Waals surface area contributed by atoms with Crippen molar-refractivity contribution in [2.24, 2.45) is 0 Å². The van der Waals surface area contributed by atoms with Crippen LogP contribution in [0, 0.1) is 0 Å². The van der Waals surface area contributed by atoms with Crippen LogP contribution in [0.15, 0.2) is 5.51 Å². The van der Waals surface area contributed by atoms with Crippen molar-refractivity contribution in [3.8, 4) is 0 Å². The summed E-state index contributed by atoms with van der Waals surface area (Å²) in [6.45, 7) is 4.71. The summed E-state index contributed by atoms with van der Waals surface area (Å²) in [5.74, 6) is -0.812. The Balaban J connectivity index is 1.75. The van der Waals surface area contributed by atoms with E-state index in [-0.39, 0.29) is 24.7 Å². The lowest BCUT2D eigenvalue weighted by molar-refractivity contribution is -0.139. The fourth-order valence-electron chi connectivity index (χ4n) is 2.62. The van der Waals surface area contributed by atoms with Crippen molar-refractivity contribution in [1.82, 2.24) is 15.2 Å². The number of nitrogens with zero attached hydrogens (tertiary/aromatic N) is 2. The minimum Gasteiger partial charge on any atom is -0.480 e. The third kappa shape index (κ3) is 4.17. The van der Waals surface area contributed by atoms with Gasteiger partial charge in [-0.1, -0.05) is 13.8 Å². The zero-order valence-corrected chi connectivity index (χ0v) is 13.7. The van der Waals surface area contributed by atoms with E-state index < -0.39 is 5.97 Å². The molecule has 0 unspecified atom stereocenters. The lowest BCUT2D eigenvalue weighted by atomic mass is 9.85. The molecular weight excluding hydrogens is 304 g/mol. The Morgan fingerprint density at radius 2 is 2.18 bits per heavy atom. The number of nitrogens with one attached hydrogen (secondary N) is 2. The fraction of sp³-hybridized carbons (Fsp3) is 0.643. The number of thiazole rings is 1. The predicted octanol–water partition coefficient (Wildman–Crippen LogP) is 1.76. The number of rotatable bonds is 7. The predicted molar refractivity (Wildman–Crippen MR) is 85.3 cm³/mol. The molecule has 22 heavy (non-hydrogen) atoms. The lowest BCUT2D eigenvalue weighted by Crippen LogP contribution is -2.55. The Morgan fingerprint density at radius 3 is 2.77 bits per heavy atom. The Hall–Kier alpha value is -1.67. The van der Waals surface area contributed by atoms with Crippen molar-refractivity contribution in [2.45, 2.75) is 45.2 Å². The number of aliphatic carboxylic acids is 1. The molecule has 2 amide bonds. The summed E-state index contributed by atoms with van der Waals surface area (Å²) in [5, 5.41) is 15.4. The second-order valence-electron chi connectivity index (χ2n) is 5.36. The zero-order chi connectivity index (χ0) is 16.1. The molecule has 1 aromatic heterocycles. The number of likely N-dealkylation sites (N-methyl/N-ethyl adjacent to an activating group) is 1. The standard InChI is InChI=1S/C14H22N4O3S/c1-3-11-13(22-8-15-11)17-14(21)16-9-5-10(6-9)18(4-2)7-12(19)20/h8-10H,3-7H2,1-2H3,(H,19,20)(H2,16,17,21). The number of carboxylic acid groups (broad SMARTS) is 1. The number of aryl methyl sites for hydroxylation is 1. The second-order valence-corrected chi connectivity index (χ2v) is 6.21. The van der Waals surface area contributed by atoms with Crippen LogP contribution >= 0.6 is 11.3 Å². The molecule has 7 nitrogen and oxygen atoms in total. The number of urea groups is 1. The highest BCUT2D eigenvalue weighted by Crippen LogP contribution is 2.26. The molecule has 8 heteroatoms. The molecule has 1 saturated carbocycles. The van der Waals surface area contributed by atoms with Crippen LogP contribution in [-0.2, 0) is 11.2 Å². The van der Waals surface area contributed by atoms with E-state index in [0.29, 0.717) is 6.54 Å². The molecule has 1 aromatic rings. The summed E-state index contributed by atoms with van der Waals surface area (Å²) >= 11 is 1.41. The van der Waals surface area contributed by atoms with Crippen LogP contribution in [0.4, 0.5) is 9.80 Å². The molecule has 122 valence electrons. The molecule has 3 N–H and O–H groups in total. The molecule has 1 aliphatic rings. The van der Waals surface area contributed by atoms with Gasteiger partial charge in [0.1, 0.15) is 5.00 Å². The molecule has 0 spiro atoms. The fourth-order valence-corrected chi connectivity index (χ4v) is 3.39. The first kappa shape index (κ1) is 16.7. The average Bonchev–Trinajstić information content (AvgIpc) is 2.87. The van der Waals surface area contributed by atoms with Gasteiger partial charge in [0.05, 0.1) is 17.7 Å². The summed E-state index contributed by atoms with van der Waals surface area (Å²) < 4.78 is 0. The van der Waals surface area contributed by atoms with E-state index in [1.165, 1.54) is 11.3 Å². The van der Waals surface area contributed by atoms with Gasteiger partial charge in [-0.25, -0.2) is 9.78 Å². The van der Waals surface area contributed by atoms with Crippen LogP contribution in [0.2, 0.25) is 0 Å². The number of hydrogen-bond donors (Lipinski definition) is 3. The van der Waals surface area contributed by atoms with Crippen LogP contribution in [-0.4, -0.2) is 52.2 Å². The van der Waals surface area contributed by atoms with E-state index in [2.05, 4.69) is 15.6 Å². The van der Waals surface area contributed by atoms with Crippen LogP contribution in [0.3, 0.4) is 0 Å². The van der Waals surface area contributed by atoms with E-state index in [1.54, 1.807) is 5.51 Å². The minimum absolute atomic E-state index is 0.0564. The van der Waals surface area contributed by atoms with Crippen LogP contribution in [0.1, 0.15) is 32.4 Å². The van der Waals surface area contributed by atoms with Crippen molar-refractivity contribution in [3.05, 3.63) is 11.2 Å². The van der Waals surface area contributed by atoms with Crippen molar-refractivity contribution < 1.29 is 14.7 Å². The number of anilines is 1. The van der Waals surface area contributed by atoms with Gasteiger partial charge in [0, 0.05) is 12.1 Å². The SMILES string of the molecule is CCc1ncsc1NC(=O)NC1CC(N(CC)CC(=O)O)C1. The van der Waals surface area contributed by atoms with E-state index in [9.17, 15) is 9.59 Å². The summed E-state index contributed by atoms with van der Waals surface area (Å²) in [6.07, 6.45) is 2.36. The highest BCUT2D eigenvalue weighted by Gasteiger charge is 2.34. The normalized spacial score (nSPS) is 20.5. The third-order valence-corrected chi connectivity index (χ3v) is 4.70. The topological polar surface area (TPSA) is 94.6 Å². The summed E-state index contributed by atoms with van der Waals surface area (Å²) in [7, 11) is 0. The van der Waals surface area contributed by atoms with Gasteiger partial charge in [-0.15, -0.1) is 11.3 Å². The summed E-state index contributed by atoms with van der Waals surface area (Å²) in [6, 6.07) is 0.121. The summed E-state index contributed by atoms with van der Waals surface area (Å²) in [5.41, 5.74) is 2.61. The van der Waals surface area contributed by atoms with Gasteiger partial charge >= 0.3 is 12.0 Å². The van der Waals surface area contributed by atoms with Crippen molar-refractivity contribution in [1.29, 1.82) is 0 Å². The average molecular weight is 326 g/mol.